The normalized spacial score (nSPS) is 28.1. The number of likely N-dealkylation sites (tertiary alicyclic amines) is 1. The SMILES string of the molecule is CC(C)C(C)N(C)C1(CN)CCCN(C(C)C)CC1. The molecular formula is C16H35N3. The van der Waals surface area contributed by atoms with Crippen LogP contribution in [0.2, 0.25) is 0 Å². The van der Waals surface area contributed by atoms with Gasteiger partial charge in [-0.25, -0.2) is 0 Å². The Morgan fingerprint density at radius 3 is 2.21 bits per heavy atom. The number of likely N-dealkylation sites (N-methyl/N-ethyl adjacent to an activating group) is 1. The van der Waals surface area contributed by atoms with Crippen LogP contribution in [-0.4, -0.2) is 54.1 Å². The lowest BCUT2D eigenvalue weighted by Crippen LogP contribution is -2.56. The van der Waals surface area contributed by atoms with Crippen LogP contribution in [0.1, 0.15) is 53.9 Å². The number of nitrogens with two attached hydrogens (primary N) is 1. The highest BCUT2D eigenvalue weighted by Gasteiger charge is 2.38. The van der Waals surface area contributed by atoms with Crippen molar-refractivity contribution >= 4 is 0 Å². The first kappa shape index (κ1) is 16.9. The van der Waals surface area contributed by atoms with E-state index in [1.807, 2.05) is 0 Å². The quantitative estimate of drug-likeness (QED) is 0.832. The molecule has 114 valence electrons. The molecule has 1 rings (SSSR count). The van der Waals surface area contributed by atoms with Crippen LogP contribution >= 0.6 is 0 Å². The van der Waals surface area contributed by atoms with E-state index in [9.17, 15) is 0 Å². The molecule has 3 nitrogen and oxygen atoms in total. The van der Waals surface area contributed by atoms with E-state index in [2.05, 4.69) is 51.5 Å². The van der Waals surface area contributed by atoms with Crippen LogP contribution < -0.4 is 5.73 Å². The number of hydrogen-bond acceptors (Lipinski definition) is 3. The Labute approximate surface area is 120 Å². The van der Waals surface area contributed by atoms with Gasteiger partial charge < -0.3 is 10.6 Å². The third-order valence-electron chi connectivity index (χ3n) is 5.39. The molecule has 2 atom stereocenters. The van der Waals surface area contributed by atoms with Gasteiger partial charge in [0.15, 0.2) is 0 Å². The molecule has 0 aromatic carbocycles. The molecule has 0 spiro atoms. The summed E-state index contributed by atoms with van der Waals surface area (Å²) in [5.74, 6) is 0.679. The summed E-state index contributed by atoms with van der Waals surface area (Å²) in [6.07, 6.45) is 3.71. The summed E-state index contributed by atoms with van der Waals surface area (Å²) in [7, 11) is 2.28. The summed E-state index contributed by atoms with van der Waals surface area (Å²) in [5, 5.41) is 0. The molecular weight excluding hydrogens is 234 g/mol. The van der Waals surface area contributed by atoms with Crippen molar-refractivity contribution in [3.63, 3.8) is 0 Å². The molecule has 0 aromatic heterocycles. The summed E-state index contributed by atoms with van der Waals surface area (Å²) < 4.78 is 0. The Hall–Kier alpha value is -0.120. The van der Waals surface area contributed by atoms with Crippen LogP contribution in [0.3, 0.4) is 0 Å². The molecule has 0 aromatic rings. The van der Waals surface area contributed by atoms with E-state index in [0.717, 1.165) is 6.54 Å². The molecule has 1 saturated heterocycles. The zero-order valence-electron chi connectivity index (χ0n) is 13.9. The van der Waals surface area contributed by atoms with Crippen LogP contribution in [0.25, 0.3) is 0 Å². The van der Waals surface area contributed by atoms with Crippen LogP contribution in [0.5, 0.6) is 0 Å². The van der Waals surface area contributed by atoms with Crippen molar-refractivity contribution < 1.29 is 0 Å². The van der Waals surface area contributed by atoms with E-state index < -0.39 is 0 Å². The summed E-state index contributed by atoms with van der Waals surface area (Å²) >= 11 is 0. The molecule has 2 N–H and O–H groups in total. The van der Waals surface area contributed by atoms with Gasteiger partial charge in [0, 0.05) is 30.7 Å². The standard InChI is InChI=1S/C16H35N3/c1-13(2)15(5)18(6)16(12-17)8-7-10-19(11-9-16)14(3)4/h13-15H,7-12,17H2,1-6H3. The number of rotatable bonds is 5. The molecule has 1 fully saturated rings. The van der Waals surface area contributed by atoms with Crippen molar-refractivity contribution in [1.29, 1.82) is 0 Å². The largest absolute Gasteiger partial charge is 0.329 e. The molecule has 0 bridgehead atoms. The second-order valence-corrected chi connectivity index (χ2v) is 7.01. The maximum Gasteiger partial charge on any atom is 0.0344 e. The van der Waals surface area contributed by atoms with Crippen LogP contribution in [0, 0.1) is 5.92 Å². The van der Waals surface area contributed by atoms with Gasteiger partial charge in [-0.05, 0) is 59.5 Å². The van der Waals surface area contributed by atoms with Gasteiger partial charge in [-0.1, -0.05) is 13.8 Å². The first-order chi connectivity index (χ1) is 8.84. The lowest BCUT2D eigenvalue weighted by Gasteiger charge is -2.45. The smallest absolute Gasteiger partial charge is 0.0344 e. The first-order valence-corrected chi connectivity index (χ1v) is 8.01. The van der Waals surface area contributed by atoms with E-state index in [-0.39, 0.29) is 5.54 Å². The molecule has 0 saturated carbocycles. The highest BCUT2D eigenvalue weighted by molar-refractivity contribution is 4.96. The van der Waals surface area contributed by atoms with Crippen molar-refractivity contribution in [2.24, 2.45) is 11.7 Å². The minimum Gasteiger partial charge on any atom is -0.329 e. The molecule has 2 unspecified atom stereocenters. The second kappa shape index (κ2) is 7.05. The van der Waals surface area contributed by atoms with Crippen molar-refractivity contribution in [2.75, 3.05) is 26.7 Å². The summed E-state index contributed by atoms with van der Waals surface area (Å²) in [5.41, 5.74) is 6.41. The summed E-state index contributed by atoms with van der Waals surface area (Å²) in [6.45, 7) is 14.8. The van der Waals surface area contributed by atoms with Crippen molar-refractivity contribution in [1.82, 2.24) is 9.80 Å². The predicted molar refractivity (Wildman–Crippen MR) is 84.4 cm³/mol. The topological polar surface area (TPSA) is 32.5 Å². The Kier molecular flexibility index (Phi) is 6.28. The van der Waals surface area contributed by atoms with E-state index in [0.29, 0.717) is 18.0 Å². The van der Waals surface area contributed by atoms with Gasteiger partial charge in [-0.3, -0.25) is 4.90 Å². The van der Waals surface area contributed by atoms with Crippen molar-refractivity contribution in [2.45, 2.75) is 71.5 Å². The number of hydrogen-bond donors (Lipinski definition) is 1. The van der Waals surface area contributed by atoms with Crippen molar-refractivity contribution in [3.8, 4) is 0 Å². The molecule has 3 heteroatoms. The van der Waals surface area contributed by atoms with Gasteiger partial charge in [0.05, 0.1) is 0 Å². The number of nitrogens with zero attached hydrogens (tertiary/aromatic N) is 2. The Morgan fingerprint density at radius 2 is 1.74 bits per heavy atom. The lowest BCUT2D eigenvalue weighted by atomic mass is 9.86. The molecule has 1 aliphatic heterocycles. The molecule has 0 radical (unpaired) electrons. The van der Waals surface area contributed by atoms with E-state index in [1.165, 1.54) is 32.4 Å². The fourth-order valence-corrected chi connectivity index (χ4v) is 3.30. The molecule has 1 aliphatic rings. The summed E-state index contributed by atoms with van der Waals surface area (Å²) in [6, 6.07) is 1.25. The molecule has 0 aliphatic carbocycles. The highest BCUT2D eigenvalue weighted by atomic mass is 15.2. The van der Waals surface area contributed by atoms with Gasteiger partial charge in [0.2, 0.25) is 0 Å². The average Bonchev–Trinajstić information content (AvgIpc) is 2.60. The van der Waals surface area contributed by atoms with Gasteiger partial charge in [-0.2, -0.15) is 0 Å². The minimum absolute atomic E-state index is 0.202. The fraction of sp³-hybridized carbons (Fsp3) is 1.00. The third-order valence-corrected chi connectivity index (χ3v) is 5.39. The zero-order valence-corrected chi connectivity index (χ0v) is 13.9. The monoisotopic (exact) mass is 269 g/mol. The maximum atomic E-state index is 6.21. The Balaban J connectivity index is 2.80. The van der Waals surface area contributed by atoms with Crippen LogP contribution in [0.4, 0.5) is 0 Å². The van der Waals surface area contributed by atoms with E-state index >= 15 is 0 Å². The van der Waals surface area contributed by atoms with Crippen LogP contribution in [-0.2, 0) is 0 Å². The third kappa shape index (κ3) is 3.93. The average molecular weight is 269 g/mol. The van der Waals surface area contributed by atoms with E-state index in [4.69, 9.17) is 5.73 Å². The van der Waals surface area contributed by atoms with Crippen molar-refractivity contribution in [3.05, 3.63) is 0 Å². The summed E-state index contributed by atoms with van der Waals surface area (Å²) in [4.78, 5) is 5.17. The highest BCUT2D eigenvalue weighted by Crippen LogP contribution is 2.30. The van der Waals surface area contributed by atoms with Gasteiger partial charge in [0.1, 0.15) is 0 Å². The Morgan fingerprint density at radius 1 is 1.11 bits per heavy atom. The predicted octanol–water partition coefficient (Wildman–Crippen LogP) is 2.55. The van der Waals surface area contributed by atoms with Gasteiger partial charge in [-0.15, -0.1) is 0 Å². The van der Waals surface area contributed by atoms with Gasteiger partial charge in [0.25, 0.3) is 0 Å². The molecule has 0 amide bonds. The lowest BCUT2D eigenvalue weighted by molar-refractivity contribution is 0.0493. The molecule has 19 heavy (non-hydrogen) atoms. The maximum absolute atomic E-state index is 6.21. The second-order valence-electron chi connectivity index (χ2n) is 7.01. The van der Waals surface area contributed by atoms with Crippen LogP contribution in [0.15, 0.2) is 0 Å². The van der Waals surface area contributed by atoms with Gasteiger partial charge >= 0.3 is 0 Å². The fourth-order valence-electron chi connectivity index (χ4n) is 3.30. The molecule has 1 heterocycles. The minimum atomic E-state index is 0.202. The first-order valence-electron chi connectivity index (χ1n) is 8.01. The zero-order chi connectivity index (χ0) is 14.6. The van der Waals surface area contributed by atoms with E-state index in [1.54, 1.807) is 0 Å². The Bertz CT molecular complexity index is 265.